The van der Waals surface area contributed by atoms with E-state index >= 15 is 0 Å². The molecular formula is C21H23Cl2NO3. The molecule has 1 fully saturated rings. The molecule has 0 spiro atoms. The fourth-order valence-corrected chi connectivity index (χ4v) is 3.78. The third-order valence-electron chi connectivity index (χ3n) is 4.70. The van der Waals surface area contributed by atoms with E-state index in [4.69, 9.17) is 32.7 Å². The van der Waals surface area contributed by atoms with Crippen molar-refractivity contribution in [2.24, 2.45) is 0 Å². The van der Waals surface area contributed by atoms with Crippen LogP contribution in [0.3, 0.4) is 0 Å². The second-order valence-corrected chi connectivity index (χ2v) is 7.45. The van der Waals surface area contributed by atoms with Gasteiger partial charge in [-0.3, -0.25) is 4.79 Å². The maximum atomic E-state index is 13.1. The summed E-state index contributed by atoms with van der Waals surface area (Å²) in [5.41, 5.74) is 1.67. The van der Waals surface area contributed by atoms with E-state index in [1.165, 1.54) is 0 Å². The van der Waals surface area contributed by atoms with Crippen molar-refractivity contribution in [1.29, 1.82) is 0 Å². The van der Waals surface area contributed by atoms with E-state index in [0.29, 0.717) is 28.7 Å². The van der Waals surface area contributed by atoms with Crippen LogP contribution in [0.5, 0.6) is 5.75 Å². The van der Waals surface area contributed by atoms with Gasteiger partial charge in [0.15, 0.2) is 0 Å². The maximum Gasteiger partial charge on any atom is 0.227 e. The summed E-state index contributed by atoms with van der Waals surface area (Å²) in [5.74, 6) is 0.745. The summed E-state index contributed by atoms with van der Waals surface area (Å²) >= 11 is 12.5. The van der Waals surface area contributed by atoms with Crippen LogP contribution < -0.4 is 4.74 Å². The summed E-state index contributed by atoms with van der Waals surface area (Å²) < 4.78 is 11.0. The number of halogens is 2. The first-order valence-corrected chi connectivity index (χ1v) is 9.77. The average molecular weight is 408 g/mol. The van der Waals surface area contributed by atoms with Gasteiger partial charge in [-0.1, -0.05) is 41.4 Å². The Morgan fingerprint density at radius 2 is 1.96 bits per heavy atom. The molecule has 1 aliphatic rings. The second-order valence-electron chi connectivity index (χ2n) is 6.64. The first-order chi connectivity index (χ1) is 13.1. The highest BCUT2D eigenvalue weighted by atomic mass is 35.5. The Kier molecular flexibility index (Phi) is 7.00. The van der Waals surface area contributed by atoms with Crippen LogP contribution in [-0.2, 0) is 22.5 Å². The van der Waals surface area contributed by atoms with Gasteiger partial charge in [0.2, 0.25) is 5.91 Å². The van der Waals surface area contributed by atoms with Crippen molar-refractivity contribution >= 4 is 29.1 Å². The zero-order valence-corrected chi connectivity index (χ0v) is 16.8. The summed E-state index contributed by atoms with van der Waals surface area (Å²) in [6.45, 7) is 1.79. The number of ether oxygens (including phenoxy) is 2. The molecule has 0 bridgehead atoms. The molecule has 0 radical (unpaired) electrons. The molecule has 3 rings (SSSR count). The summed E-state index contributed by atoms with van der Waals surface area (Å²) in [4.78, 5) is 14.9. The molecule has 1 heterocycles. The number of hydrogen-bond acceptors (Lipinski definition) is 3. The maximum absolute atomic E-state index is 13.1. The molecule has 0 aliphatic carbocycles. The van der Waals surface area contributed by atoms with E-state index in [0.717, 1.165) is 30.8 Å². The van der Waals surface area contributed by atoms with E-state index in [-0.39, 0.29) is 18.4 Å². The molecular weight excluding hydrogens is 385 g/mol. The number of carbonyl (C=O) groups is 1. The monoisotopic (exact) mass is 407 g/mol. The topological polar surface area (TPSA) is 38.8 Å². The minimum absolute atomic E-state index is 0.0247. The molecule has 0 aromatic heterocycles. The van der Waals surface area contributed by atoms with Gasteiger partial charge in [0.1, 0.15) is 5.75 Å². The summed E-state index contributed by atoms with van der Waals surface area (Å²) in [6, 6.07) is 13.0. The van der Waals surface area contributed by atoms with Gasteiger partial charge in [0.25, 0.3) is 0 Å². The Labute approximate surface area is 170 Å². The Balaban J connectivity index is 1.78. The van der Waals surface area contributed by atoms with Gasteiger partial charge in [-0.15, -0.1) is 0 Å². The predicted molar refractivity (Wildman–Crippen MR) is 108 cm³/mol. The lowest BCUT2D eigenvalue weighted by Gasteiger charge is -2.26. The first-order valence-electron chi connectivity index (χ1n) is 9.02. The lowest BCUT2D eigenvalue weighted by Crippen LogP contribution is -2.38. The number of rotatable bonds is 7. The average Bonchev–Trinajstić information content (AvgIpc) is 3.17. The van der Waals surface area contributed by atoms with Gasteiger partial charge in [0.05, 0.1) is 19.6 Å². The van der Waals surface area contributed by atoms with Crippen LogP contribution in [-0.4, -0.2) is 37.2 Å². The summed E-state index contributed by atoms with van der Waals surface area (Å²) in [7, 11) is 1.63. The second kappa shape index (κ2) is 9.45. The van der Waals surface area contributed by atoms with Crippen LogP contribution in [0, 0.1) is 0 Å². The molecule has 6 heteroatoms. The molecule has 1 aliphatic heterocycles. The normalized spacial score (nSPS) is 16.3. The van der Waals surface area contributed by atoms with Gasteiger partial charge in [-0.25, -0.2) is 0 Å². The molecule has 1 unspecified atom stereocenters. The molecule has 144 valence electrons. The number of methoxy groups -OCH3 is 1. The molecule has 0 saturated carbocycles. The van der Waals surface area contributed by atoms with E-state index in [9.17, 15) is 4.79 Å². The van der Waals surface area contributed by atoms with Crippen molar-refractivity contribution in [2.45, 2.75) is 31.9 Å². The lowest BCUT2D eigenvalue weighted by molar-refractivity contribution is -0.132. The van der Waals surface area contributed by atoms with E-state index in [2.05, 4.69) is 0 Å². The van der Waals surface area contributed by atoms with E-state index in [1.807, 2.05) is 29.2 Å². The number of carbonyl (C=O) groups excluding carboxylic acids is 1. The zero-order valence-electron chi connectivity index (χ0n) is 15.3. The molecule has 2 aromatic carbocycles. The Morgan fingerprint density at radius 3 is 2.63 bits per heavy atom. The van der Waals surface area contributed by atoms with Crippen LogP contribution in [0.1, 0.15) is 24.0 Å². The number of hydrogen-bond donors (Lipinski definition) is 0. The summed E-state index contributed by atoms with van der Waals surface area (Å²) in [6.07, 6.45) is 2.23. The molecule has 1 saturated heterocycles. The highest BCUT2D eigenvalue weighted by Crippen LogP contribution is 2.26. The fraction of sp³-hybridized carbons (Fsp3) is 0.381. The first kappa shape index (κ1) is 20.0. The fourth-order valence-electron chi connectivity index (χ4n) is 3.24. The predicted octanol–water partition coefficient (Wildman–Crippen LogP) is 4.75. The van der Waals surface area contributed by atoms with E-state index in [1.54, 1.807) is 25.3 Å². The Morgan fingerprint density at radius 1 is 1.22 bits per heavy atom. The molecule has 1 atom stereocenters. The number of benzene rings is 2. The highest BCUT2D eigenvalue weighted by molar-refractivity contribution is 6.36. The molecule has 0 N–H and O–H groups in total. The molecule has 1 amide bonds. The zero-order chi connectivity index (χ0) is 19.2. The highest BCUT2D eigenvalue weighted by Gasteiger charge is 2.24. The van der Waals surface area contributed by atoms with Gasteiger partial charge >= 0.3 is 0 Å². The molecule has 4 nitrogen and oxygen atoms in total. The third kappa shape index (κ3) is 5.38. The van der Waals surface area contributed by atoms with Crippen molar-refractivity contribution < 1.29 is 14.3 Å². The lowest BCUT2D eigenvalue weighted by atomic mass is 10.1. The van der Waals surface area contributed by atoms with Gasteiger partial charge in [-0.2, -0.15) is 0 Å². The van der Waals surface area contributed by atoms with Crippen LogP contribution >= 0.6 is 23.2 Å². The van der Waals surface area contributed by atoms with E-state index < -0.39 is 0 Å². The van der Waals surface area contributed by atoms with Gasteiger partial charge in [-0.05, 0) is 48.2 Å². The van der Waals surface area contributed by atoms with Gasteiger partial charge in [0, 0.05) is 29.7 Å². The minimum Gasteiger partial charge on any atom is -0.497 e. The van der Waals surface area contributed by atoms with Crippen molar-refractivity contribution in [3.8, 4) is 5.75 Å². The largest absolute Gasteiger partial charge is 0.497 e. The van der Waals surface area contributed by atoms with Crippen molar-refractivity contribution in [3.05, 3.63) is 63.6 Å². The molecule has 27 heavy (non-hydrogen) atoms. The summed E-state index contributed by atoms with van der Waals surface area (Å²) in [5, 5.41) is 1.02. The van der Waals surface area contributed by atoms with Crippen molar-refractivity contribution in [3.63, 3.8) is 0 Å². The minimum atomic E-state index is -0.0247. The van der Waals surface area contributed by atoms with Crippen molar-refractivity contribution in [2.75, 3.05) is 20.3 Å². The smallest absolute Gasteiger partial charge is 0.227 e. The Bertz CT molecular complexity index is 770. The third-order valence-corrected chi connectivity index (χ3v) is 5.41. The van der Waals surface area contributed by atoms with Gasteiger partial charge < -0.3 is 14.4 Å². The molecule has 2 aromatic rings. The SMILES string of the molecule is COc1cccc(CN(CC2CCCO2)C(=O)Cc2c(Cl)cccc2Cl)c1. The quantitative estimate of drug-likeness (QED) is 0.664. The van der Waals surface area contributed by atoms with Crippen LogP contribution in [0.4, 0.5) is 0 Å². The number of nitrogens with zero attached hydrogens (tertiary/aromatic N) is 1. The number of amides is 1. The van der Waals surface area contributed by atoms with Crippen LogP contribution in [0.25, 0.3) is 0 Å². The van der Waals surface area contributed by atoms with Crippen molar-refractivity contribution in [1.82, 2.24) is 4.90 Å². The van der Waals surface area contributed by atoms with Crippen LogP contribution in [0.15, 0.2) is 42.5 Å². The standard InChI is InChI=1S/C21H23Cl2NO3/c1-26-16-6-2-5-15(11-16)13-24(14-17-7-4-10-27-17)21(25)12-18-19(22)8-3-9-20(18)23/h2-3,5-6,8-9,11,17H,4,7,10,12-14H2,1H3. The van der Waals surface area contributed by atoms with Crippen LogP contribution in [0.2, 0.25) is 10.0 Å². The Hall–Kier alpha value is -1.75.